The Morgan fingerprint density at radius 1 is 1.30 bits per heavy atom. The Balaban J connectivity index is 2.23. The van der Waals surface area contributed by atoms with Gasteiger partial charge >= 0.3 is 0 Å². The van der Waals surface area contributed by atoms with E-state index in [9.17, 15) is 4.79 Å². The number of hydrogen-bond donors (Lipinski definition) is 1. The topological polar surface area (TPSA) is 59.8 Å². The quantitative estimate of drug-likeness (QED) is 0.869. The molecule has 0 fully saturated rings. The van der Waals surface area contributed by atoms with Crippen LogP contribution in [0.5, 0.6) is 0 Å². The van der Waals surface area contributed by atoms with E-state index in [0.29, 0.717) is 5.69 Å². The van der Waals surface area contributed by atoms with Crippen molar-refractivity contribution in [2.45, 2.75) is 38.6 Å². The van der Waals surface area contributed by atoms with Crippen LogP contribution in [-0.4, -0.2) is 25.5 Å². The number of nitrogens with zero attached hydrogens (tertiary/aromatic N) is 3. The number of halogens is 1. The van der Waals surface area contributed by atoms with Crippen LogP contribution in [0.1, 0.15) is 33.7 Å². The first-order valence-corrected chi connectivity index (χ1v) is 7.60. The Kier molecular flexibility index (Phi) is 4.42. The van der Waals surface area contributed by atoms with Crippen molar-refractivity contribution in [3.05, 3.63) is 18.5 Å². The molecule has 2 aromatic rings. The van der Waals surface area contributed by atoms with Crippen LogP contribution in [0.25, 0.3) is 11.0 Å². The van der Waals surface area contributed by atoms with Crippen molar-refractivity contribution in [1.82, 2.24) is 14.8 Å². The number of carbonyl (C=O) groups is 1. The van der Waals surface area contributed by atoms with Crippen LogP contribution in [0.3, 0.4) is 0 Å². The van der Waals surface area contributed by atoms with E-state index in [1.54, 1.807) is 12.4 Å². The van der Waals surface area contributed by atoms with E-state index in [0.717, 1.165) is 11.0 Å². The molecule has 0 aromatic carbocycles. The molecule has 1 unspecified atom stereocenters. The number of aromatic nitrogens is 3. The number of carbonyl (C=O) groups excluding carboxylic acids is 1. The van der Waals surface area contributed by atoms with Crippen molar-refractivity contribution in [3.8, 4) is 0 Å². The second-order valence-electron chi connectivity index (χ2n) is 5.45. The van der Waals surface area contributed by atoms with Gasteiger partial charge in [0.2, 0.25) is 5.91 Å². The predicted molar refractivity (Wildman–Crippen MR) is 84.1 cm³/mol. The molecule has 0 aliphatic carbocycles. The number of pyridine rings is 1. The Labute approximate surface area is 126 Å². The highest BCUT2D eigenvalue weighted by Crippen LogP contribution is 2.20. The van der Waals surface area contributed by atoms with Gasteiger partial charge in [0.25, 0.3) is 0 Å². The fraction of sp³-hybridized carbons (Fsp3) is 0.500. The van der Waals surface area contributed by atoms with Crippen LogP contribution in [0.15, 0.2) is 18.5 Å². The minimum absolute atomic E-state index is 0.0580. The van der Waals surface area contributed by atoms with E-state index in [1.807, 2.05) is 24.6 Å². The molecule has 2 aromatic heterocycles. The molecule has 0 saturated carbocycles. The minimum atomic E-state index is -0.211. The summed E-state index contributed by atoms with van der Waals surface area (Å²) in [6.45, 7) is 8.10. The summed E-state index contributed by atoms with van der Waals surface area (Å²) in [5, 5.41) is 8.10. The molecule has 0 aliphatic rings. The van der Waals surface area contributed by atoms with E-state index in [2.05, 4.69) is 45.2 Å². The second-order valence-corrected chi connectivity index (χ2v) is 6.44. The molecular weight excluding hydrogens is 320 g/mol. The summed E-state index contributed by atoms with van der Waals surface area (Å²) in [5.41, 5.74) is 1.52. The maximum atomic E-state index is 12.0. The van der Waals surface area contributed by atoms with Gasteiger partial charge < -0.3 is 5.32 Å². The fourth-order valence-corrected chi connectivity index (χ4v) is 2.01. The van der Waals surface area contributed by atoms with E-state index in [1.165, 1.54) is 0 Å². The van der Waals surface area contributed by atoms with E-state index in [-0.39, 0.29) is 22.7 Å². The molecule has 0 radical (unpaired) electrons. The molecule has 0 bridgehead atoms. The standard InChI is InChI=1S/C14H19BrN4O/c1-8(2)12(15)14(20)18-11-5-10-6-17-19(9(3)4)13(10)16-7-11/h5-9,12H,1-4H3,(H,18,20). The molecule has 2 rings (SSSR count). The summed E-state index contributed by atoms with van der Waals surface area (Å²) in [5.74, 6) is 0.174. The van der Waals surface area contributed by atoms with Gasteiger partial charge in [0.05, 0.1) is 22.9 Å². The molecule has 6 heteroatoms. The van der Waals surface area contributed by atoms with Gasteiger partial charge in [0.1, 0.15) is 0 Å². The fourth-order valence-electron chi connectivity index (χ4n) is 1.90. The van der Waals surface area contributed by atoms with Crippen molar-refractivity contribution in [1.29, 1.82) is 0 Å². The van der Waals surface area contributed by atoms with E-state index >= 15 is 0 Å². The van der Waals surface area contributed by atoms with Gasteiger partial charge in [0.15, 0.2) is 5.65 Å². The number of alkyl halides is 1. The average Bonchev–Trinajstić information content (AvgIpc) is 2.80. The van der Waals surface area contributed by atoms with Crippen LogP contribution in [0, 0.1) is 5.92 Å². The molecular formula is C14H19BrN4O. The summed E-state index contributed by atoms with van der Waals surface area (Å²) in [4.78, 5) is 16.2. The lowest BCUT2D eigenvalue weighted by atomic mass is 10.1. The third kappa shape index (κ3) is 3.00. The Hall–Kier alpha value is -1.43. The Bertz CT molecular complexity index is 621. The van der Waals surface area contributed by atoms with Gasteiger partial charge in [-0.15, -0.1) is 0 Å². The second kappa shape index (κ2) is 5.91. The number of hydrogen-bond acceptors (Lipinski definition) is 3. The van der Waals surface area contributed by atoms with Crippen LogP contribution in [0.4, 0.5) is 5.69 Å². The molecule has 0 saturated heterocycles. The van der Waals surface area contributed by atoms with Gasteiger partial charge in [-0.2, -0.15) is 5.10 Å². The van der Waals surface area contributed by atoms with Gasteiger partial charge in [0, 0.05) is 11.4 Å². The van der Waals surface area contributed by atoms with Crippen molar-refractivity contribution in [2.24, 2.45) is 5.92 Å². The maximum absolute atomic E-state index is 12.0. The SMILES string of the molecule is CC(C)C(Br)C(=O)Nc1cnc2c(cnn2C(C)C)c1. The van der Waals surface area contributed by atoms with Crippen molar-refractivity contribution in [2.75, 3.05) is 5.32 Å². The normalized spacial score (nSPS) is 13.2. The molecule has 2 heterocycles. The van der Waals surface area contributed by atoms with Crippen molar-refractivity contribution >= 4 is 38.6 Å². The largest absolute Gasteiger partial charge is 0.324 e. The highest BCUT2D eigenvalue weighted by molar-refractivity contribution is 9.10. The van der Waals surface area contributed by atoms with Crippen LogP contribution in [0.2, 0.25) is 0 Å². The average molecular weight is 339 g/mol. The van der Waals surface area contributed by atoms with Gasteiger partial charge in [-0.1, -0.05) is 29.8 Å². The molecule has 1 atom stereocenters. The number of nitrogens with one attached hydrogen (secondary N) is 1. The predicted octanol–water partition coefficient (Wildman–Crippen LogP) is 3.37. The van der Waals surface area contributed by atoms with Crippen LogP contribution in [-0.2, 0) is 4.79 Å². The summed E-state index contributed by atoms with van der Waals surface area (Å²) >= 11 is 3.39. The summed E-state index contributed by atoms with van der Waals surface area (Å²) in [7, 11) is 0. The summed E-state index contributed by atoms with van der Waals surface area (Å²) in [6.07, 6.45) is 3.44. The Morgan fingerprint density at radius 2 is 2.00 bits per heavy atom. The van der Waals surface area contributed by atoms with E-state index < -0.39 is 0 Å². The highest BCUT2D eigenvalue weighted by Gasteiger charge is 2.19. The smallest absolute Gasteiger partial charge is 0.238 e. The lowest BCUT2D eigenvalue weighted by molar-refractivity contribution is -0.116. The number of amides is 1. The van der Waals surface area contributed by atoms with Crippen LogP contribution >= 0.6 is 15.9 Å². The molecule has 1 N–H and O–H groups in total. The Morgan fingerprint density at radius 3 is 2.60 bits per heavy atom. The molecule has 0 spiro atoms. The van der Waals surface area contributed by atoms with Gasteiger partial charge in [-0.05, 0) is 25.8 Å². The molecule has 5 nitrogen and oxygen atoms in total. The summed E-state index contributed by atoms with van der Waals surface area (Å²) < 4.78 is 1.86. The molecule has 20 heavy (non-hydrogen) atoms. The first-order chi connectivity index (χ1) is 9.40. The van der Waals surface area contributed by atoms with Gasteiger partial charge in [-0.3, -0.25) is 4.79 Å². The highest BCUT2D eigenvalue weighted by atomic mass is 79.9. The van der Waals surface area contributed by atoms with Crippen molar-refractivity contribution in [3.63, 3.8) is 0 Å². The molecule has 0 aliphatic heterocycles. The first kappa shape index (κ1) is 15.0. The molecule has 1 amide bonds. The minimum Gasteiger partial charge on any atom is -0.324 e. The maximum Gasteiger partial charge on any atom is 0.238 e. The van der Waals surface area contributed by atoms with Crippen LogP contribution < -0.4 is 5.32 Å². The third-order valence-corrected chi connectivity index (χ3v) is 4.50. The number of anilines is 1. The van der Waals surface area contributed by atoms with Gasteiger partial charge in [-0.25, -0.2) is 9.67 Å². The zero-order valence-electron chi connectivity index (χ0n) is 12.1. The third-order valence-electron chi connectivity index (χ3n) is 3.03. The monoisotopic (exact) mass is 338 g/mol. The zero-order valence-corrected chi connectivity index (χ0v) is 13.7. The van der Waals surface area contributed by atoms with Crippen molar-refractivity contribution < 1.29 is 4.79 Å². The number of rotatable bonds is 4. The zero-order chi connectivity index (χ0) is 14.9. The number of fused-ring (bicyclic) bond motifs is 1. The summed E-state index contributed by atoms with van der Waals surface area (Å²) in [6, 6.07) is 2.15. The lowest BCUT2D eigenvalue weighted by Crippen LogP contribution is -2.27. The van der Waals surface area contributed by atoms with E-state index in [4.69, 9.17) is 0 Å². The molecule has 108 valence electrons. The first-order valence-electron chi connectivity index (χ1n) is 6.68. The lowest BCUT2D eigenvalue weighted by Gasteiger charge is -2.13.